The van der Waals surface area contributed by atoms with Crippen LogP contribution in [0, 0.1) is 0 Å². The van der Waals surface area contributed by atoms with Gasteiger partial charge in [0.25, 0.3) is 0 Å². The first-order valence-electron chi connectivity index (χ1n) is 5.81. The average Bonchev–Trinajstić information content (AvgIpc) is 2.69. The van der Waals surface area contributed by atoms with Crippen LogP contribution in [0.4, 0.5) is 4.79 Å². The highest BCUT2D eigenvalue weighted by Gasteiger charge is 2.40. The number of carbonyl (C=O) groups is 2. The van der Waals surface area contributed by atoms with Gasteiger partial charge in [-0.05, 0) is 13.2 Å². The summed E-state index contributed by atoms with van der Waals surface area (Å²) >= 11 is 1.63. The highest BCUT2D eigenvalue weighted by atomic mass is 32.2. The molecule has 1 heterocycles. The lowest BCUT2D eigenvalue weighted by Gasteiger charge is -2.31. The lowest BCUT2D eigenvalue weighted by molar-refractivity contribution is -0.141. The van der Waals surface area contributed by atoms with Crippen molar-refractivity contribution in [1.82, 2.24) is 9.80 Å². The van der Waals surface area contributed by atoms with Gasteiger partial charge in [0.05, 0.1) is 6.10 Å². The summed E-state index contributed by atoms with van der Waals surface area (Å²) in [6, 6.07) is -1.23. The van der Waals surface area contributed by atoms with Crippen molar-refractivity contribution < 1.29 is 19.8 Å². The number of carboxylic acid groups (broad SMARTS) is 1. The number of likely N-dealkylation sites (tertiary alicyclic amines) is 1. The van der Waals surface area contributed by atoms with E-state index in [1.165, 1.54) is 9.80 Å². The number of thioether (sulfide) groups is 1. The Morgan fingerprint density at radius 2 is 2.17 bits per heavy atom. The van der Waals surface area contributed by atoms with Crippen molar-refractivity contribution in [2.24, 2.45) is 0 Å². The van der Waals surface area contributed by atoms with Gasteiger partial charge in [0, 0.05) is 31.8 Å². The summed E-state index contributed by atoms with van der Waals surface area (Å²) in [4.78, 5) is 26.0. The van der Waals surface area contributed by atoms with Gasteiger partial charge in [-0.3, -0.25) is 0 Å². The highest BCUT2D eigenvalue weighted by molar-refractivity contribution is 7.98. The van der Waals surface area contributed by atoms with E-state index in [1.807, 2.05) is 13.2 Å². The molecule has 0 bridgehead atoms. The molecule has 3 atom stereocenters. The molecule has 6 nitrogen and oxygen atoms in total. The molecule has 1 rings (SSSR count). The van der Waals surface area contributed by atoms with E-state index in [1.54, 1.807) is 18.8 Å². The largest absolute Gasteiger partial charge is 0.480 e. The fourth-order valence-corrected chi connectivity index (χ4v) is 2.71. The van der Waals surface area contributed by atoms with Crippen molar-refractivity contribution in [2.45, 2.75) is 31.5 Å². The molecule has 1 saturated heterocycles. The van der Waals surface area contributed by atoms with Crippen LogP contribution in [0.2, 0.25) is 0 Å². The van der Waals surface area contributed by atoms with Crippen LogP contribution in [-0.4, -0.2) is 75.8 Å². The second-order valence-electron chi connectivity index (χ2n) is 4.59. The maximum atomic E-state index is 12.2. The third-order valence-corrected chi connectivity index (χ3v) is 4.00. The number of aliphatic hydroxyl groups is 1. The number of aliphatic hydroxyl groups excluding tert-OH is 1. The number of carbonyl (C=O) groups excluding carboxylic acids is 1. The molecule has 0 aliphatic carbocycles. The third kappa shape index (κ3) is 3.29. The second kappa shape index (κ2) is 6.29. The van der Waals surface area contributed by atoms with Gasteiger partial charge in [-0.15, -0.1) is 0 Å². The zero-order chi connectivity index (χ0) is 13.9. The lowest BCUT2D eigenvalue weighted by atomic mass is 10.2. The van der Waals surface area contributed by atoms with Crippen LogP contribution in [0.3, 0.4) is 0 Å². The van der Waals surface area contributed by atoms with Gasteiger partial charge >= 0.3 is 12.0 Å². The van der Waals surface area contributed by atoms with E-state index in [9.17, 15) is 14.7 Å². The van der Waals surface area contributed by atoms with Gasteiger partial charge in [-0.2, -0.15) is 11.8 Å². The van der Waals surface area contributed by atoms with Crippen LogP contribution in [-0.2, 0) is 4.79 Å². The molecule has 18 heavy (non-hydrogen) atoms. The highest BCUT2D eigenvalue weighted by Crippen LogP contribution is 2.20. The zero-order valence-electron chi connectivity index (χ0n) is 10.9. The minimum Gasteiger partial charge on any atom is -0.480 e. The Kier molecular flexibility index (Phi) is 5.28. The van der Waals surface area contributed by atoms with Gasteiger partial charge in [0.15, 0.2) is 0 Å². The Labute approximate surface area is 111 Å². The third-order valence-electron chi connectivity index (χ3n) is 3.18. The molecule has 104 valence electrons. The van der Waals surface area contributed by atoms with Gasteiger partial charge in [-0.1, -0.05) is 0 Å². The van der Waals surface area contributed by atoms with Crippen LogP contribution in [0.5, 0.6) is 0 Å². The first-order chi connectivity index (χ1) is 8.38. The van der Waals surface area contributed by atoms with Crippen LogP contribution < -0.4 is 0 Å². The number of carboxylic acids is 1. The number of rotatable bonds is 4. The Bertz CT molecular complexity index is 326. The lowest BCUT2D eigenvalue weighted by Crippen LogP contribution is -2.49. The fraction of sp³-hybridized carbons (Fsp3) is 0.818. The molecular weight excluding hydrogens is 256 g/mol. The smallest absolute Gasteiger partial charge is 0.326 e. The molecule has 0 saturated carbocycles. The van der Waals surface area contributed by atoms with Crippen LogP contribution in [0.1, 0.15) is 13.3 Å². The maximum absolute atomic E-state index is 12.2. The van der Waals surface area contributed by atoms with E-state index in [2.05, 4.69) is 0 Å². The van der Waals surface area contributed by atoms with E-state index >= 15 is 0 Å². The van der Waals surface area contributed by atoms with Crippen LogP contribution in [0.15, 0.2) is 0 Å². The summed E-state index contributed by atoms with van der Waals surface area (Å²) in [6.45, 7) is 2.00. The molecular formula is C11H20N2O4S. The summed E-state index contributed by atoms with van der Waals surface area (Å²) in [6.07, 6.45) is 1.31. The number of nitrogens with zero attached hydrogens (tertiary/aromatic N) is 2. The molecule has 0 spiro atoms. The van der Waals surface area contributed by atoms with Crippen LogP contribution >= 0.6 is 11.8 Å². The fourth-order valence-electron chi connectivity index (χ4n) is 2.00. The number of aliphatic carboxylic acids is 1. The zero-order valence-corrected chi connectivity index (χ0v) is 11.7. The van der Waals surface area contributed by atoms with E-state index in [0.29, 0.717) is 0 Å². The number of hydrogen-bond donors (Lipinski definition) is 2. The van der Waals surface area contributed by atoms with Crippen molar-refractivity contribution in [3.05, 3.63) is 0 Å². The monoisotopic (exact) mass is 276 g/mol. The Hall–Kier alpha value is -0.950. The van der Waals surface area contributed by atoms with Crippen molar-refractivity contribution in [3.63, 3.8) is 0 Å². The molecule has 0 aromatic rings. The number of urea groups is 1. The summed E-state index contributed by atoms with van der Waals surface area (Å²) in [5, 5.41) is 18.6. The average molecular weight is 276 g/mol. The van der Waals surface area contributed by atoms with Gasteiger partial charge in [-0.25, -0.2) is 9.59 Å². The van der Waals surface area contributed by atoms with Crippen molar-refractivity contribution in [2.75, 3.05) is 25.6 Å². The van der Waals surface area contributed by atoms with E-state index < -0.39 is 18.1 Å². The minimum absolute atomic E-state index is 0.0275. The Balaban J connectivity index is 2.73. The normalized spacial score (nSPS) is 25.0. The Morgan fingerprint density at radius 1 is 1.56 bits per heavy atom. The second-order valence-corrected chi connectivity index (χ2v) is 5.50. The van der Waals surface area contributed by atoms with E-state index in [0.717, 1.165) is 5.75 Å². The van der Waals surface area contributed by atoms with Crippen LogP contribution in [0.25, 0.3) is 0 Å². The molecule has 2 amide bonds. The molecule has 1 aliphatic heterocycles. The van der Waals surface area contributed by atoms with Gasteiger partial charge in [0.1, 0.15) is 6.04 Å². The summed E-state index contributed by atoms with van der Waals surface area (Å²) in [7, 11) is 1.66. The summed E-state index contributed by atoms with van der Waals surface area (Å²) < 4.78 is 0. The number of β-amino-alcohol motifs (C(OH)–C–C–N with tert-alkyl or cyclic N) is 1. The topological polar surface area (TPSA) is 81.1 Å². The summed E-state index contributed by atoms with van der Waals surface area (Å²) in [5.74, 6) is -0.276. The SMILES string of the molecule is CSCC(C)N(C)C(=O)N1C[C@@H](O)C[C@H]1C(=O)O. The molecule has 0 radical (unpaired) electrons. The van der Waals surface area contributed by atoms with Crippen molar-refractivity contribution in [3.8, 4) is 0 Å². The number of hydrogen-bond acceptors (Lipinski definition) is 4. The molecule has 1 aliphatic rings. The van der Waals surface area contributed by atoms with Crippen molar-refractivity contribution in [1.29, 1.82) is 0 Å². The molecule has 1 fully saturated rings. The van der Waals surface area contributed by atoms with E-state index in [-0.39, 0.29) is 25.0 Å². The quantitative estimate of drug-likeness (QED) is 0.772. The minimum atomic E-state index is -1.06. The van der Waals surface area contributed by atoms with Crippen molar-refractivity contribution >= 4 is 23.8 Å². The maximum Gasteiger partial charge on any atom is 0.326 e. The molecule has 7 heteroatoms. The predicted octanol–water partition coefficient (Wildman–Crippen LogP) is 0.309. The summed E-state index contributed by atoms with van der Waals surface area (Å²) in [5.41, 5.74) is 0. The van der Waals surface area contributed by atoms with E-state index in [4.69, 9.17) is 5.11 Å². The molecule has 1 unspecified atom stereocenters. The van der Waals surface area contributed by atoms with Gasteiger partial charge < -0.3 is 20.0 Å². The molecule has 0 aromatic heterocycles. The number of amides is 2. The first-order valence-corrected chi connectivity index (χ1v) is 7.21. The Morgan fingerprint density at radius 3 is 2.67 bits per heavy atom. The molecule has 2 N–H and O–H groups in total. The standard InChI is InChI=1S/C11H20N2O4S/c1-7(6-18-3)12(2)11(17)13-5-8(14)4-9(13)10(15)16/h7-9,14H,4-6H2,1-3H3,(H,15,16)/t7?,8-,9-/m0/s1. The van der Waals surface area contributed by atoms with Gasteiger partial charge in [0.2, 0.25) is 0 Å². The first kappa shape index (κ1) is 15.1. The molecule has 0 aromatic carbocycles. The predicted molar refractivity (Wildman–Crippen MR) is 69.8 cm³/mol.